The predicted molar refractivity (Wildman–Crippen MR) is 123 cm³/mol. The lowest BCUT2D eigenvalue weighted by molar-refractivity contribution is -0.390. The molecule has 0 saturated carbocycles. The van der Waals surface area contributed by atoms with E-state index in [0.717, 1.165) is 0 Å². The van der Waals surface area contributed by atoms with E-state index in [-0.39, 0.29) is 17.1 Å². The Hall–Kier alpha value is -4.15. The topological polar surface area (TPSA) is 145 Å². The molecule has 0 amide bonds. The monoisotopic (exact) mass is 541 g/mol. The summed E-state index contributed by atoms with van der Waals surface area (Å²) in [5.74, 6) is -1.15. The van der Waals surface area contributed by atoms with Gasteiger partial charge in [-0.05, 0) is 57.0 Å². The smallest absolute Gasteiger partial charge is 0.406 e. The number of nitriles is 1. The van der Waals surface area contributed by atoms with Gasteiger partial charge in [0.05, 0.1) is 21.5 Å². The van der Waals surface area contributed by atoms with Gasteiger partial charge in [-0.1, -0.05) is 0 Å². The van der Waals surface area contributed by atoms with E-state index in [9.17, 15) is 24.9 Å². The molecule has 0 aliphatic heterocycles. The standard InChI is InChI=1S/C22H17BrFN7O4/c1-12(35-20-7-13(23)11-26-22(20)31(33)34)16-8-14(24)3-4-18(16)30-19(5-6-27-30)21(32)17-9-15(10-25)29(2)28-17/h3-9,11-12,21,32H,1-2H3. The Morgan fingerprint density at radius 2 is 2.09 bits per heavy atom. The number of ether oxygens (including phenoxy) is 1. The minimum atomic E-state index is -1.24. The Morgan fingerprint density at radius 1 is 1.31 bits per heavy atom. The number of halogens is 2. The van der Waals surface area contributed by atoms with Gasteiger partial charge in [0.1, 0.15) is 29.8 Å². The summed E-state index contributed by atoms with van der Waals surface area (Å²) in [5, 5.41) is 40.0. The van der Waals surface area contributed by atoms with Gasteiger partial charge in [-0.25, -0.2) is 9.07 Å². The molecule has 0 spiro atoms. The molecular weight excluding hydrogens is 525 g/mol. The molecular formula is C22H17BrFN7O4. The number of pyridine rings is 1. The Labute approximate surface area is 206 Å². The first-order valence-corrected chi connectivity index (χ1v) is 10.9. The van der Waals surface area contributed by atoms with Gasteiger partial charge in [0, 0.05) is 30.9 Å². The predicted octanol–water partition coefficient (Wildman–Crippen LogP) is 3.90. The van der Waals surface area contributed by atoms with Crippen molar-refractivity contribution in [1.82, 2.24) is 24.5 Å². The van der Waals surface area contributed by atoms with Crippen LogP contribution in [-0.4, -0.2) is 34.6 Å². The van der Waals surface area contributed by atoms with E-state index in [1.54, 1.807) is 20.0 Å². The van der Waals surface area contributed by atoms with E-state index in [0.29, 0.717) is 21.4 Å². The fraction of sp³-hybridized carbons (Fsp3) is 0.182. The molecule has 2 atom stereocenters. The molecule has 0 radical (unpaired) electrons. The van der Waals surface area contributed by atoms with Gasteiger partial charge in [0.25, 0.3) is 0 Å². The van der Waals surface area contributed by atoms with Crippen molar-refractivity contribution in [2.24, 2.45) is 7.05 Å². The molecule has 0 saturated heterocycles. The number of nitrogens with zero attached hydrogens (tertiary/aromatic N) is 7. The second kappa shape index (κ2) is 9.61. The summed E-state index contributed by atoms with van der Waals surface area (Å²) in [4.78, 5) is 14.5. The molecule has 4 rings (SSSR count). The van der Waals surface area contributed by atoms with E-state index in [2.05, 4.69) is 31.1 Å². The minimum absolute atomic E-state index is 0.106. The third kappa shape index (κ3) is 4.75. The van der Waals surface area contributed by atoms with Crippen LogP contribution in [0.25, 0.3) is 5.69 Å². The number of aromatic nitrogens is 5. The fourth-order valence-corrected chi connectivity index (χ4v) is 3.85. The highest BCUT2D eigenvalue weighted by molar-refractivity contribution is 9.10. The summed E-state index contributed by atoms with van der Waals surface area (Å²) in [6.45, 7) is 1.60. The number of aryl methyl sites for hydroxylation is 1. The van der Waals surface area contributed by atoms with Crippen molar-refractivity contribution >= 4 is 21.7 Å². The zero-order valence-corrected chi connectivity index (χ0v) is 19.9. The molecule has 3 heterocycles. The first kappa shape index (κ1) is 24.0. The lowest BCUT2D eigenvalue weighted by Gasteiger charge is -2.20. The van der Waals surface area contributed by atoms with Crippen molar-refractivity contribution in [2.45, 2.75) is 19.1 Å². The summed E-state index contributed by atoms with van der Waals surface area (Å²) in [7, 11) is 1.58. The molecule has 178 valence electrons. The van der Waals surface area contributed by atoms with E-state index < -0.39 is 28.8 Å². The maximum Gasteiger partial charge on any atom is 0.406 e. The van der Waals surface area contributed by atoms with E-state index in [4.69, 9.17) is 4.74 Å². The van der Waals surface area contributed by atoms with E-state index >= 15 is 0 Å². The van der Waals surface area contributed by atoms with Crippen molar-refractivity contribution < 1.29 is 19.2 Å². The summed E-state index contributed by atoms with van der Waals surface area (Å²) < 4.78 is 23.3. The Balaban J connectivity index is 1.75. The second-order valence-electron chi connectivity index (χ2n) is 7.46. The normalized spacial score (nSPS) is 12.7. The Kier molecular flexibility index (Phi) is 6.59. The molecule has 2 unspecified atom stereocenters. The average molecular weight is 542 g/mol. The first-order chi connectivity index (χ1) is 16.7. The van der Waals surface area contributed by atoms with Crippen molar-refractivity contribution in [3.8, 4) is 17.5 Å². The summed E-state index contributed by atoms with van der Waals surface area (Å²) in [6.07, 6.45) is 0.616. The van der Waals surface area contributed by atoms with Crippen LogP contribution in [0.1, 0.15) is 41.8 Å². The van der Waals surface area contributed by atoms with Crippen molar-refractivity contribution in [2.75, 3.05) is 0 Å². The van der Waals surface area contributed by atoms with Gasteiger partial charge in [0.2, 0.25) is 5.75 Å². The third-order valence-corrected chi connectivity index (χ3v) is 5.61. The van der Waals surface area contributed by atoms with Crippen LogP contribution in [0.15, 0.2) is 53.3 Å². The highest BCUT2D eigenvalue weighted by atomic mass is 79.9. The van der Waals surface area contributed by atoms with Crippen LogP contribution in [0.5, 0.6) is 5.75 Å². The van der Waals surface area contributed by atoms with Gasteiger partial charge in [-0.15, -0.1) is 0 Å². The van der Waals surface area contributed by atoms with Crippen molar-refractivity contribution in [3.05, 3.63) is 91.8 Å². The molecule has 13 heteroatoms. The molecule has 0 bridgehead atoms. The van der Waals surface area contributed by atoms with Gasteiger partial charge >= 0.3 is 5.82 Å². The Morgan fingerprint density at radius 3 is 2.77 bits per heavy atom. The summed E-state index contributed by atoms with van der Waals surface area (Å²) in [6, 6.07) is 10.3. The van der Waals surface area contributed by atoms with Crippen molar-refractivity contribution in [3.63, 3.8) is 0 Å². The highest BCUT2D eigenvalue weighted by Gasteiger charge is 2.25. The SMILES string of the molecule is CC(Oc1cc(Br)cnc1[N+](=O)[O-])c1cc(F)ccc1-n1nccc1C(O)c1cc(C#N)n(C)n1. The van der Waals surface area contributed by atoms with Gasteiger partial charge in [0.15, 0.2) is 6.20 Å². The van der Waals surface area contributed by atoms with Gasteiger partial charge in [-0.2, -0.15) is 15.5 Å². The maximum atomic E-state index is 14.3. The first-order valence-electron chi connectivity index (χ1n) is 10.1. The average Bonchev–Trinajstić information content (AvgIpc) is 3.45. The van der Waals surface area contributed by atoms with E-state index in [1.165, 1.54) is 52.1 Å². The second-order valence-corrected chi connectivity index (χ2v) is 8.37. The molecule has 0 fully saturated rings. The third-order valence-electron chi connectivity index (χ3n) is 5.18. The van der Waals surface area contributed by atoms with Crippen LogP contribution in [0.3, 0.4) is 0 Å². The number of nitro groups is 1. The molecule has 11 nitrogen and oxygen atoms in total. The van der Waals surface area contributed by atoms with Crippen LogP contribution < -0.4 is 4.74 Å². The number of rotatable bonds is 7. The maximum absolute atomic E-state index is 14.3. The molecule has 4 aromatic rings. The van der Waals surface area contributed by atoms with Crippen molar-refractivity contribution in [1.29, 1.82) is 5.26 Å². The van der Waals surface area contributed by atoms with Crippen LogP contribution >= 0.6 is 15.9 Å². The quantitative estimate of drug-likeness (QED) is 0.274. The largest absolute Gasteiger partial charge is 0.478 e. The summed E-state index contributed by atoms with van der Waals surface area (Å²) in [5.41, 5.74) is 1.49. The van der Waals surface area contributed by atoms with Crippen LogP contribution in [0, 0.1) is 27.3 Å². The lowest BCUT2D eigenvalue weighted by Crippen LogP contribution is -2.14. The van der Waals surface area contributed by atoms with Crippen LogP contribution in [-0.2, 0) is 7.05 Å². The van der Waals surface area contributed by atoms with E-state index in [1.807, 2.05) is 6.07 Å². The highest BCUT2D eigenvalue weighted by Crippen LogP contribution is 2.34. The lowest BCUT2D eigenvalue weighted by atomic mass is 10.1. The Bertz CT molecular complexity index is 1460. The zero-order chi connectivity index (χ0) is 25.3. The molecule has 0 aliphatic rings. The zero-order valence-electron chi connectivity index (χ0n) is 18.3. The fourth-order valence-electron chi connectivity index (χ4n) is 3.54. The number of hydrogen-bond acceptors (Lipinski definition) is 8. The number of benzene rings is 1. The molecule has 1 N–H and O–H groups in total. The molecule has 35 heavy (non-hydrogen) atoms. The minimum Gasteiger partial charge on any atom is -0.478 e. The molecule has 0 aliphatic carbocycles. The van der Waals surface area contributed by atoms with Gasteiger partial charge in [-0.3, -0.25) is 4.68 Å². The number of aliphatic hydroxyl groups excluding tert-OH is 1. The molecule has 3 aromatic heterocycles. The molecule has 1 aromatic carbocycles. The van der Waals surface area contributed by atoms with Gasteiger partial charge < -0.3 is 20.0 Å². The number of aliphatic hydroxyl groups is 1. The van der Waals surface area contributed by atoms with Crippen LogP contribution in [0.4, 0.5) is 10.2 Å². The number of hydrogen-bond donors (Lipinski definition) is 1. The summed E-state index contributed by atoms with van der Waals surface area (Å²) >= 11 is 3.21. The van der Waals surface area contributed by atoms with Crippen LogP contribution in [0.2, 0.25) is 0 Å².